The van der Waals surface area contributed by atoms with Crippen LogP contribution in [0.1, 0.15) is 94.1 Å². The van der Waals surface area contributed by atoms with Gasteiger partial charge in [0, 0.05) is 19.1 Å². The van der Waals surface area contributed by atoms with Gasteiger partial charge in [0.15, 0.2) is 8.32 Å². The van der Waals surface area contributed by atoms with Gasteiger partial charge >= 0.3 is 6.09 Å². The molecule has 4 N–H and O–H groups in total. The van der Waals surface area contributed by atoms with Crippen LogP contribution in [0.4, 0.5) is 4.79 Å². The Hall–Kier alpha value is -2.43. The number of carbonyl (C=O) groups is 3. The number of benzene rings is 1. The van der Waals surface area contributed by atoms with Crippen molar-refractivity contribution in [2.75, 3.05) is 6.61 Å². The average molecular weight is 636 g/mol. The van der Waals surface area contributed by atoms with E-state index in [0.29, 0.717) is 13.0 Å². The minimum Gasteiger partial charge on any atom is -0.444 e. The van der Waals surface area contributed by atoms with E-state index in [4.69, 9.17) is 9.16 Å². The molecule has 0 aliphatic heterocycles. The summed E-state index contributed by atoms with van der Waals surface area (Å²) >= 11 is 0. The van der Waals surface area contributed by atoms with Gasteiger partial charge in [-0.2, -0.15) is 0 Å². The molecule has 0 aliphatic carbocycles. The lowest BCUT2D eigenvalue weighted by atomic mass is 9.89. The highest BCUT2D eigenvalue weighted by Crippen LogP contribution is 2.39. The van der Waals surface area contributed by atoms with Crippen LogP contribution in [0.5, 0.6) is 0 Å². The minimum absolute atomic E-state index is 0.117. The molecule has 0 aromatic heterocycles. The third kappa shape index (κ3) is 14.1. The molecule has 9 nitrogen and oxygen atoms in total. The average Bonchev–Trinajstić information content (AvgIpc) is 2.87. The molecule has 4 atom stereocenters. The van der Waals surface area contributed by atoms with Crippen molar-refractivity contribution < 1.29 is 28.7 Å². The molecule has 1 rings (SSSR count). The van der Waals surface area contributed by atoms with Crippen molar-refractivity contribution in [3.8, 4) is 0 Å². The molecule has 0 bridgehead atoms. The first-order valence-electron chi connectivity index (χ1n) is 16.1. The Morgan fingerprint density at radius 2 is 1.48 bits per heavy atom. The quantitative estimate of drug-likeness (QED) is 0.161. The van der Waals surface area contributed by atoms with Crippen LogP contribution in [0.25, 0.3) is 0 Å². The second-order valence-electron chi connectivity index (χ2n) is 15.2. The number of ether oxygens (including phenoxy) is 1. The van der Waals surface area contributed by atoms with E-state index in [0.717, 1.165) is 5.56 Å². The monoisotopic (exact) mass is 635 g/mol. The van der Waals surface area contributed by atoms with Crippen molar-refractivity contribution in [3.05, 3.63) is 35.9 Å². The van der Waals surface area contributed by atoms with Crippen LogP contribution in [0.2, 0.25) is 18.1 Å². The molecule has 252 valence electrons. The number of hydrogen-bond acceptors (Lipinski definition) is 6. The van der Waals surface area contributed by atoms with Gasteiger partial charge in [0.25, 0.3) is 0 Å². The van der Waals surface area contributed by atoms with Crippen LogP contribution in [0, 0.1) is 17.8 Å². The summed E-state index contributed by atoms with van der Waals surface area (Å²) in [4.78, 5) is 40.0. The Balaban J connectivity index is 3.32. The van der Waals surface area contributed by atoms with E-state index in [-0.39, 0.29) is 48.1 Å². The highest BCUT2D eigenvalue weighted by molar-refractivity contribution is 6.74. The molecule has 0 fully saturated rings. The smallest absolute Gasteiger partial charge is 0.407 e. The largest absolute Gasteiger partial charge is 0.444 e. The molecule has 10 heteroatoms. The predicted molar refractivity (Wildman–Crippen MR) is 180 cm³/mol. The molecule has 0 saturated carbocycles. The number of carbonyl (C=O) groups excluding carboxylic acids is 3. The number of aliphatic hydroxyl groups is 1. The second-order valence-corrected chi connectivity index (χ2v) is 19.9. The molecule has 0 saturated heterocycles. The fourth-order valence-corrected chi connectivity index (χ4v) is 5.98. The zero-order chi connectivity index (χ0) is 33.9. The van der Waals surface area contributed by atoms with Crippen LogP contribution in [0.15, 0.2) is 30.3 Å². The van der Waals surface area contributed by atoms with Gasteiger partial charge in [-0.15, -0.1) is 0 Å². The zero-order valence-corrected chi connectivity index (χ0v) is 30.4. The first-order chi connectivity index (χ1) is 20.2. The van der Waals surface area contributed by atoms with Gasteiger partial charge < -0.3 is 30.2 Å². The summed E-state index contributed by atoms with van der Waals surface area (Å²) in [6.07, 6.45) is 0.0218. The fraction of sp³-hybridized carbons (Fsp3) is 0.735. The van der Waals surface area contributed by atoms with E-state index < -0.39 is 44.1 Å². The van der Waals surface area contributed by atoms with Crippen LogP contribution in [-0.2, 0) is 25.3 Å². The van der Waals surface area contributed by atoms with Gasteiger partial charge in [-0.05, 0) is 75.6 Å². The summed E-state index contributed by atoms with van der Waals surface area (Å²) in [5.74, 6) is -1.17. The molecular weight excluding hydrogens is 574 g/mol. The number of alkyl carbamates (subject to hydrolysis) is 1. The van der Waals surface area contributed by atoms with Crippen molar-refractivity contribution in [2.24, 2.45) is 17.8 Å². The van der Waals surface area contributed by atoms with Gasteiger partial charge in [0.05, 0.1) is 12.1 Å². The molecular formula is C34H61N3O6Si. The standard InChI is InChI=1S/C34H61N3O6Si/c1-23(2)20-27(36-32(41)42-33(5,6)7)28(43-44(11,12)34(8,9)10)21-26(18-19-38)30(39)37-29(24(3)4)31(40)35-22-25-16-14-13-15-17-25/h13-17,23-24,26-29,38H,18-22H2,1-12H3,(H,35,40)(H,36,41)(H,37,39)/t26-,27+,28+,29+/m1/s1. The highest BCUT2D eigenvalue weighted by atomic mass is 28.4. The molecule has 44 heavy (non-hydrogen) atoms. The van der Waals surface area contributed by atoms with Crippen molar-refractivity contribution in [3.63, 3.8) is 0 Å². The Morgan fingerprint density at radius 1 is 0.886 bits per heavy atom. The second kappa shape index (κ2) is 17.3. The van der Waals surface area contributed by atoms with Gasteiger partial charge in [-0.25, -0.2) is 4.79 Å². The Morgan fingerprint density at radius 3 is 1.95 bits per heavy atom. The number of hydrogen-bond donors (Lipinski definition) is 4. The highest BCUT2D eigenvalue weighted by Gasteiger charge is 2.43. The summed E-state index contributed by atoms with van der Waals surface area (Å²) in [7, 11) is -2.37. The maximum atomic E-state index is 13.8. The lowest BCUT2D eigenvalue weighted by Gasteiger charge is -2.43. The van der Waals surface area contributed by atoms with E-state index in [9.17, 15) is 19.5 Å². The topological polar surface area (TPSA) is 126 Å². The number of rotatable bonds is 16. The predicted octanol–water partition coefficient (Wildman–Crippen LogP) is 6.16. The molecule has 3 amide bonds. The van der Waals surface area contributed by atoms with E-state index >= 15 is 0 Å². The minimum atomic E-state index is -2.37. The fourth-order valence-electron chi connectivity index (χ4n) is 4.61. The Bertz CT molecular complexity index is 1030. The molecule has 1 aromatic rings. The summed E-state index contributed by atoms with van der Waals surface area (Å²) in [6.45, 7) is 24.3. The Labute approximate surface area is 267 Å². The van der Waals surface area contributed by atoms with Crippen molar-refractivity contribution in [2.45, 2.75) is 137 Å². The molecule has 1 aromatic carbocycles. The SMILES string of the molecule is CC(C)C[C@H](NC(=O)OC(C)(C)C)[C@H](C[C@@H](CCO)C(=O)N[C@H](C(=O)NCc1ccccc1)C(C)C)O[Si](C)(C)C(C)(C)C. The van der Waals surface area contributed by atoms with E-state index in [1.165, 1.54) is 0 Å². The number of amides is 3. The van der Waals surface area contributed by atoms with Crippen LogP contribution < -0.4 is 16.0 Å². The summed E-state index contributed by atoms with van der Waals surface area (Å²) in [6, 6.07) is 8.43. The van der Waals surface area contributed by atoms with Crippen LogP contribution in [0.3, 0.4) is 0 Å². The van der Waals surface area contributed by atoms with Gasteiger partial charge in [-0.1, -0.05) is 78.8 Å². The molecule has 0 heterocycles. The molecule has 0 unspecified atom stereocenters. The van der Waals surface area contributed by atoms with Crippen LogP contribution >= 0.6 is 0 Å². The third-order valence-electron chi connectivity index (χ3n) is 8.05. The maximum absolute atomic E-state index is 13.8. The number of aliphatic hydroxyl groups excluding tert-OH is 1. The first-order valence-corrected chi connectivity index (χ1v) is 19.0. The van der Waals surface area contributed by atoms with Crippen molar-refractivity contribution in [1.29, 1.82) is 0 Å². The lowest BCUT2D eigenvalue weighted by Crippen LogP contribution is -2.55. The zero-order valence-electron chi connectivity index (χ0n) is 29.4. The normalized spacial score (nSPS) is 15.3. The third-order valence-corrected chi connectivity index (χ3v) is 12.6. The first kappa shape index (κ1) is 39.6. The molecule has 0 aliphatic rings. The van der Waals surface area contributed by atoms with Gasteiger partial charge in [0.1, 0.15) is 11.6 Å². The van der Waals surface area contributed by atoms with Crippen LogP contribution in [-0.4, -0.2) is 61.7 Å². The summed E-state index contributed by atoms with van der Waals surface area (Å²) in [5.41, 5.74) is 0.293. The van der Waals surface area contributed by atoms with E-state index in [1.807, 2.05) is 65.0 Å². The van der Waals surface area contributed by atoms with Crippen molar-refractivity contribution >= 4 is 26.2 Å². The van der Waals surface area contributed by atoms with E-state index in [2.05, 4.69) is 63.7 Å². The lowest BCUT2D eigenvalue weighted by molar-refractivity contribution is -0.133. The molecule has 0 spiro atoms. The summed E-state index contributed by atoms with van der Waals surface area (Å²) < 4.78 is 12.5. The summed E-state index contributed by atoms with van der Waals surface area (Å²) in [5, 5.41) is 18.8. The number of nitrogens with one attached hydrogen (secondary N) is 3. The van der Waals surface area contributed by atoms with E-state index in [1.54, 1.807) is 0 Å². The Kier molecular flexibility index (Phi) is 15.6. The molecule has 0 radical (unpaired) electrons. The van der Waals surface area contributed by atoms with Crippen molar-refractivity contribution in [1.82, 2.24) is 16.0 Å². The van der Waals surface area contributed by atoms with Gasteiger partial charge in [0.2, 0.25) is 11.8 Å². The van der Waals surface area contributed by atoms with Gasteiger partial charge in [-0.3, -0.25) is 9.59 Å². The maximum Gasteiger partial charge on any atom is 0.407 e.